The second-order valence-electron chi connectivity index (χ2n) is 6.01. The van der Waals surface area contributed by atoms with Crippen LogP contribution in [0.2, 0.25) is 0 Å². The van der Waals surface area contributed by atoms with Gasteiger partial charge in [0.05, 0.1) is 30.9 Å². The Morgan fingerprint density at radius 1 is 1.39 bits per heavy atom. The zero-order valence-corrected chi connectivity index (χ0v) is 13.1. The fraction of sp³-hybridized carbons (Fsp3) is 0.625. The van der Waals surface area contributed by atoms with Crippen LogP contribution in [0.3, 0.4) is 0 Å². The highest BCUT2D eigenvalue weighted by molar-refractivity contribution is 5.95. The number of rotatable bonds is 4. The van der Waals surface area contributed by atoms with E-state index >= 15 is 0 Å². The van der Waals surface area contributed by atoms with Crippen molar-refractivity contribution >= 4 is 11.9 Å². The first kappa shape index (κ1) is 16.0. The Bertz CT molecular complexity index is 583. The number of aromatic carboxylic acids is 1. The average molecular weight is 323 g/mol. The highest BCUT2D eigenvalue weighted by atomic mass is 16.5. The van der Waals surface area contributed by atoms with Crippen molar-refractivity contribution in [2.24, 2.45) is 5.92 Å². The molecule has 2 fully saturated rings. The van der Waals surface area contributed by atoms with Gasteiger partial charge in [-0.2, -0.15) is 0 Å². The van der Waals surface area contributed by atoms with Gasteiger partial charge in [-0.3, -0.25) is 4.79 Å². The third-order valence-corrected chi connectivity index (χ3v) is 4.78. The molecule has 1 aliphatic heterocycles. The molecule has 1 aliphatic carbocycles. The number of methoxy groups -OCH3 is 1. The fourth-order valence-corrected chi connectivity index (χ4v) is 3.62. The van der Waals surface area contributed by atoms with Crippen LogP contribution >= 0.6 is 0 Å². The lowest BCUT2D eigenvalue weighted by Crippen LogP contribution is -2.53. The number of carbonyl (C=O) groups excluding carboxylic acids is 1. The number of furan rings is 1. The number of hydrogen-bond acceptors (Lipinski definition) is 5. The maximum atomic E-state index is 12.7. The van der Waals surface area contributed by atoms with E-state index in [0.29, 0.717) is 19.8 Å². The summed E-state index contributed by atoms with van der Waals surface area (Å²) in [5.74, 6) is -1.10. The van der Waals surface area contributed by atoms with Gasteiger partial charge in [0.1, 0.15) is 6.26 Å². The van der Waals surface area contributed by atoms with E-state index in [4.69, 9.17) is 19.0 Å². The quantitative estimate of drug-likeness (QED) is 0.906. The summed E-state index contributed by atoms with van der Waals surface area (Å²) >= 11 is 0. The Morgan fingerprint density at radius 3 is 2.91 bits per heavy atom. The third kappa shape index (κ3) is 3.11. The van der Waals surface area contributed by atoms with Gasteiger partial charge in [0, 0.05) is 25.6 Å². The molecule has 0 radical (unpaired) electrons. The van der Waals surface area contributed by atoms with Crippen LogP contribution in [0.15, 0.2) is 16.7 Å². The standard InChI is InChI=1S/C16H21NO6/c1-21-13-4-2-3-11(13)12-9-22-6-5-17(12)15(18)14-7-10(8-23-14)16(19)20/h7-8,11-13H,2-6,9H2,1H3,(H,19,20). The molecule has 126 valence electrons. The number of amides is 1. The van der Waals surface area contributed by atoms with Crippen LogP contribution in [0.1, 0.15) is 40.2 Å². The number of carboxylic acids is 1. The minimum atomic E-state index is -1.11. The lowest BCUT2D eigenvalue weighted by atomic mass is 9.94. The lowest BCUT2D eigenvalue weighted by molar-refractivity contribution is -0.0469. The van der Waals surface area contributed by atoms with Gasteiger partial charge in [-0.15, -0.1) is 0 Å². The predicted molar refractivity (Wildman–Crippen MR) is 79.4 cm³/mol. The van der Waals surface area contributed by atoms with Crippen molar-refractivity contribution in [3.63, 3.8) is 0 Å². The number of nitrogens with zero attached hydrogens (tertiary/aromatic N) is 1. The van der Waals surface area contributed by atoms with Crippen LogP contribution in [0.25, 0.3) is 0 Å². The number of hydrogen-bond donors (Lipinski definition) is 1. The van der Waals surface area contributed by atoms with Crippen molar-refractivity contribution in [1.82, 2.24) is 4.90 Å². The monoisotopic (exact) mass is 323 g/mol. The molecule has 7 nitrogen and oxygen atoms in total. The van der Waals surface area contributed by atoms with Crippen LogP contribution in [-0.2, 0) is 9.47 Å². The van der Waals surface area contributed by atoms with E-state index in [-0.39, 0.29) is 35.3 Å². The number of morpholine rings is 1. The van der Waals surface area contributed by atoms with E-state index in [9.17, 15) is 9.59 Å². The Balaban J connectivity index is 1.80. The Labute approximate surface area is 134 Å². The van der Waals surface area contributed by atoms with Gasteiger partial charge >= 0.3 is 5.97 Å². The Morgan fingerprint density at radius 2 is 2.22 bits per heavy atom. The summed E-state index contributed by atoms with van der Waals surface area (Å²) in [5, 5.41) is 8.96. The van der Waals surface area contributed by atoms with Crippen molar-refractivity contribution in [2.45, 2.75) is 31.4 Å². The molecule has 3 rings (SSSR count). The Hall–Kier alpha value is -1.86. The molecule has 2 aliphatic rings. The molecule has 3 atom stereocenters. The second-order valence-corrected chi connectivity index (χ2v) is 6.01. The van der Waals surface area contributed by atoms with E-state index in [1.54, 1.807) is 12.0 Å². The van der Waals surface area contributed by atoms with Crippen molar-refractivity contribution < 1.29 is 28.6 Å². The van der Waals surface area contributed by atoms with Gasteiger partial charge in [-0.1, -0.05) is 6.42 Å². The topological polar surface area (TPSA) is 89.2 Å². The molecule has 1 N–H and O–H groups in total. The molecule has 1 aromatic rings. The number of ether oxygens (including phenoxy) is 2. The summed E-state index contributed by atoms with van der Waals surface area (Å²) in [6.45, 7) is 1.42. The van der Waals surface area contributed by atoms with Crippen LogP contribution in [-0.4, -0.2) is 60.9 Å². The van der Waals surface area contributed by atoms with E-state index in [0.717, 1.165) is 25.5 Å². The molecule has 0 spiro atoms. The van der Waals surface area contributed by atoms with Crippen molar-refractivity contribution in [1.29, 1.82) is 0 Å². The highest BCUT2D eigenvalue weighted by Crippen LogP contribution is 2.34. The van der Waals surface area contributed by atoms with Crippen LogP contribution in [0.5, 0.6) is 0 Å². The number of carboxylic acid groups (broad SMARTS) is 1. The molecule has 1 aromatic heterocycles. The first-order chi connectivity index (χ1) is 11.1. The molecule has 7 heteroatoms. The summed E-state index contributed by atoms with van der Waals surface area (Å²) in [6.07, 6.45) is 4.28. The molecule has 3 unspecified atom stereocenters. The van der Waals surface area contributed by atoms with Gasteiger partial charge in [-0.25, -0.2) is 4.79 Å². The van der Waals surface area contributed by atoms with Gasteiger partial charge in [0.25, 0.3) is 5.91 Å². The molecule has 0 bridgehead atoms. The van der Waals surface area contributed by atoms with Gasteiger partial charge < -0.3 is 23.9 Å². The summed E-state index contributed by atoms with van der Waals surface area (Å²) in [5.41, 5.74) is -0.0196. The zero-order chi connectivity index (χ0) is 16.4. The van der Waals surface area contributed by atoms with E-state index in [1.807, 2.05) is 0 Å². The maximum absolute atomic E-state index is 12.7. The normalized spacial score (nSPS) is 28.0. The SMILES string of the molecule is COC1CCCC1C1COCCN1C(=O)c1cc(C(=O)O)co1. The molecular weight excluding hydrogens is 302 g/mol. The molecule has 23 heavy (non-hydrogen) atoms. The van der Waals surface area contributed by atoms with Gasteiger partial charge in [-0.05, 0) is 12.8 Å². The number of carbonyl (C=O) groups is 2. The summed E-state index contributed by atoms with van der Waals surface area (Å²) in [4.78, 5) is 25.4. The van der Waals surface area contributed by atoms with Crippen LogP contribution in [0, 0.1) is 5.92 Å². The average Bonchev–Trinajstić information content (AvgIpc) is 3.23. The van der Waals surface area contributed by atoms with Gasteiger partial charge in [0.2, 0.25) is 0 Å². The Kier molecular flexibility index (Phi) is 4.68. The fourth-order valence-electron chi connectivity index (χ4n) is 3.62. The largest absolute Gasteiger partial charge is 0.478 e. The van der Waals surface area contributed by atoms with Crippen molar-refractivity contribution in [3.8, 4) is 0 Å². The lowest BCUT2D eigenvalue weighted by Gasteiger charge is -2.40. The summed E-state index contributed by atoms with van der Waals surface area (Å²) in [7, 11) is 1.70. The molecule has 1 saturated heterocycles. The van der Waals surface area contributed by atoms with E-state index < -0.39 is 5.97 Å². The first-order valence-electron chi connectivity index (χ1n) is 7.85. The molecular formula is C16H21NO6. The molecule has 0 aromatic carbocycles. The minimum absolute atomic E-state index is 0.0196. The summed E-state index contributed by atoms with van der Waals surface area (Å²) in [6, 6.07) is 1.21. The van der Waals surface area contributed by atoms with Crippen LogP contribution in [0.4, 0.5) is 0 Å². The van der Waals surface area contributed by atoms with E-state index in [1.165, 1.54) is 6.07 Å². The molecule has 1 amide bonds. The predicted octanol–water partition coefficient (Wildman–Crippen LogP) is 1.63. The van der Waals surface area contributed by atoms with Gasteiger partial charge in [0.15, 0.2) is 5.76 Å². The smallest absolute Gasteiger partial charge is 0.338 e. The summed E-state index contributed by atoms with van der Waals surface area (Å²) < 4.78 is 16.3. The van der Waals surface area contributed by atoms with Crippen molar-refractivity contribution in [2.75, 3.05) is 26.9 Å². The highest BCUT2D eigenvalue weighted by Gasteiger charge is 2.41. The molecule has 1 saturated carbocycles. The second kappa shape index (κ2) is 6.72. The van der Waals surface area contributed by atoms with Crippen LogP contribution < -0.4 is 0 Å². The minimum Gasteiger partial charge on any atom is -0.478 e. The third-order valence-electron chi connectivity index (χ3n) is 4.78. The first-order valence-corrected chi connectivity index (χ1v) is 7.85. The maximum Gasteiger partial charge on any atom is 0.338 e. The molecule has 2 heterocycles. The zero-order valence-electron chi connectivity index (χ0n) is 13.1. The van der Waals surface area contributed by atoms with Crippen molar-refractivity contribution in [3.05, 3.63) is 23.7 Å². The van der Waals surface area contributed by atoms with E-state index in [2.05, 4.69) is 0 Å².